The topological polar surface area (TPSA) is 41.6 Å². The Morgan fingerprint density at radius 2 is 1.89 bits per heavy atom. The summed E-state index contributed by atoms with van der Waals surface area (Å²) < 4.78 is 0. The average Bonchev–Trinajstić information content (AvgIpc) is 2.11. The van der Waals surface area contributed by atoms with Gasteiger partial charge in [-0.1, -0.05) is 33.7 Å². The second kappa shape index (κ2) is 6.56. The first-order valence-corrected chi connectivity index (χ1v) is 5.85. The minimum absolute atomic E-state index is 1.20. The molecule has 1 aromatic rings. The van der Waals surface area contributed by atoms with E-state index in [1.165, 1.54) is 12.7 Å². The first-order valence-electron chi connectivity index (χ1n) is 1.79. The SMILES string of the molecule is ClP(Cl)Cl.c1nc[nH]n1. The van der Waals surface area contributed by atoms with Crippen molar-refractivity contribution in [3.63, 3.8) is 0 Å². The number of halogens is 3. The van der Waals surface area contributed by atoms with Crippen LogP contribution in [-0.4, -0.2) is 15.2 Å². The van der Waals surface area contributed by atoms with Crippen molar-refractivity contribution >= 4 is 39.7 Å². The Hall–Kier alpha value is 0.440. The van der Waals surface area contributed by atoms with Gasteiger partial charge in [0.15, 0.2) is 5.98 Å². The Labute approximate surface area is 67.8 Å². The summed E-state index contributed by atoms with van der Waals surface area (Å²) in [5, 5.41) is 5.99. The summed E-state index contributed by atoms with van der Waals surface area (Å²) in [4.78, 5) is 3.56. The van der Waals surface area contributed by atoms with Crippen molar-refractivity contribution in [2.45, 2.75) is 0 Å². The van der Waals surface area contributed by atoms with E-state index in [1.807, 2.05) is 0 Å². The molecule has 1 aromatic heterocycles. The Kier molecular flexibility index (Phi) is 6.88. The summed E-state index contributed by atoms with van der Waals surface area (Å²) in [6.45, 7) is 0. The normalized spacial score (nSPS) is 8.44. The lowest BCUT2D eigenvalue weighted by atomic mass is 11.3. The molecule has 0 aliphatic heterocycles. The molecule has 0 radical (unpaired) electrons. The third-order valence-corrected chi connectivity index (χ3v) is 0.331. The zero-order valence-electron chi connectivity index (χ0n) is 4.13. The Balaban J connectivity index is 0.000000148. The van der Waals surface area contributed by atoms with Crippen molar-refractivity contribution in [1.82, 2.24) is 15.2 Å². The smallest absolute Gasteiger partial charge is 0.179 e. The van der Waals surface area contributed by atoms with Crippen LogP contribution in [0.4, 0.5) is 0 Å². The van der Waals surface area contributed by atoms with E-state index >= 15 is 0 Å². The highest BCUT2D eigenvalue weighted by molar-refractivity contribution is 8.20. The Bertz CT molecular complexity index is 101. The first kappa shape index (κ1) is 9.44. The Morgan fingerprint density at radius 1 is 1.33 bits per heavy atom. The van der Waals surface area contributed by atoms with E-state index in [0.717, 1.165) is 0 Å². The van der Waals surface area contributed by atoms with Gasteiger partial charge in [-0.25, -0.2) is 4.98 Å². The van der Waals surface area contributed by atoms with Crippen LogP contribution in [0.2, 0.25) is 0 Å². The number of hydrogen-bond acceptors (Lipinski definition) is 2. The van der Waals surface area contributed by atoms with Crippen molar-refractivity contribution in [2.24, 2.45) is 0 Å². The minimum Gasteiger partial charge on any atom is -0.266 e. The molecule has 1 heterocycles. The summed E-state index contributed by atoms with van der Waals surface area (Å²) in [7, 11) is 0. The molecule has 0 aliphatic rings. The predicted octanol–water partition coefficient (Wildman–Crippen LogP) is 2.73. The molecule has 0 saturated heterocycles. The monoisotopic (exact) mass is 205 g/mol. The minimum atomic E-state index is -1.20. The van der Waals surface area contributed by atoms with Gasteiger partial charge in [-0.05, 0) is 0 Å². The molecule has 3 nitrogen and oxygen atoms in total. The average molecular weight is 206 g/mol. The second-order valence-corrected chi connectivity index (χ2v) is 5.83. The summed E-state index contributed by atoms with van der Waals surface area (Å²) in [6.07, 6.45) is 2.96. The fourth-order valence-corrected chi connectivity index (χ4v) is 0.167. The van der Waals surface area contributed by atoms with Crippen molar-refractivity contribution in [3.8, 4) is 0 Å². The van der Waals surface area contributed by atoms with Crippen molar-refractivity contribution in [3.05, 3.63) is 12.7 Å². The van der Waals surface area contributed by atoms with E-state index < -0.39 is 5.98 Å². The van der Waals surface area contributed by atoms with E-state index in [2.05, 4.69) is 15.2 Å². The van der Waals surface area contributed by atoms with Gasteiger partial charge < -0.3 is 0 Å². The van der Waals surface area contributed by atoms with Gasteiger partial charge in [0.05, 0.1) is 0 Å². The number of rotatable bonds is 0. The van der Waals surface area contributed by atoms with E-state index in [9.17, 15) is 0 Å². The molecular weight excluding hydrogens is 203 g/mol. The zero-order valence-corrected chi connectivity index (χ0v) is 7.29. The number of aromatic amines is 1. The molecule has 0 bridgehead atoms. The molecular formula is C2H3Cl3N3P. The van der Waals surface area contributed by atoms with E-state index in [-0.39, 0.29) is 0 Å². The van der Waals surface area contributed by atoms with Crippen LogP contribution in [0.25, 0.3) is 0 Å². The quantitative estimate of drug-likeness (QED) is 0.663. The van der Waals surface area contributed by atoms with Gasteiger partial charge >= 0.3 is 0 Å². The van der Waals surface area contributed by atoms with Gasteiger partial charge in [0.1, 0.15) is 12.7 Å². The molecule has 7 heteroatoms. The van der Waals surface area contributed by atoms with Crippen LogP contribution in [0.3, 0.4) is 0 Å². The molecule has 0 atom stereocenters. The highest BCUT2D eigenvalue weighted by Crippen LogP contribution is 2.51. The van der Waals surface area contributed by atoms with Crippen LogP contribution in [0, 0.1) is 0 Å². The van der Waals surface area contributed by atoms with Gasteiger partial charge in [-0.15, -0.1) is 0 Å². The molecule has 0 aromatic carbocycles. The first-order chi connectivity index (χ1) is 4.23. The van der Waals surface area contributed by atoms with Crippen molar-refractivity contribution < 1.29 is 0 Å². The summed E-state index contributed by atoms with van der Waals surface area (Å²) in [5.41, 5.74) is 0. The largest absolute Gasteiger partial charge is 0.266 e. The summed E-state index contributed by atoms with van der Waals surface area (Å²) >= 11 is 14.6. The lowest BCUT2D eigenvalue weighted by Gasteiger charge is -1.68. The molecule has 9 heavy (non-hydrogen) atoms. The molecule has 0 saturated carbocycles. The van der Waals surface area contributed by atoms with Gasteiger partial charge in [0, 0.05) is 0 Å². The molecule has 0 fully saturated rings. The van der Waals surface area contributed by atoms with E-state index in [1.54, 1.807) is 0 Å². The van der Waals surface area contributed by atoms with Crippen molar-refractivity contribution in [2.75, 3.05) is 0 Å². The maximum absolute atomic E-state index is 4.87. The molecule has 1 N–H and O–H groups in total. The van der Waals surface area contributed by atoms with Crippen LogP contribution in [0.5, 0.6) is 0 Å². The van der Waals surface area contributed by atoms with Gasteiger partial charge in [0.2, 0.25) is 0 Å². The van der Waals surface area contributed by atoms with E-state index in [0.29, 0.717) is 0 Å². The summed E-state index contributed by atoms with van der Waals surface area (Å²) in [6, 6.07) is 0. The lowest BCUT2D eigenvalue weighted by molar-refractivity contribution is 1.09. The molecule has 52 valence electrons. The molecule has 1 rings (SSSR count). The third-order valence-electron chi connectivity index (χ3n) is 0.331. The fourth-order valence-electron chi connectivity index (χ4n) is 0.167. The highest BCUT2D eigenvalue weighted by Gasteiger charge is 1.80. The van der Waals surface area contributed by atoms with Crippen LogP contribution >= 0.6 is 39.7 Å². The number of aromatic nitrogens is 3. The second-order valence-electron chi connectivity index (χ2n) is 0.844. The predicted molar refractivity (Wildman–Crippen MR) is 40.9 cm³/mol. The number of nitrogens with zero attached hydrogens (tertiary/aromatic N) is 2. The highest BCUT2D eigenvalue weighted by atomic mass is 36.0. The molecule has 0 amide bonds. The van der Waals surface area contributed by atoms with Gasteiger partial charge in [-0.3, -0.25) is 5.10 Å². The lowest BCUT2D eigenvalue weighted by Crippen LogP contribution is -1.53. The van der Waals surface area contributed by atoms with Crippen molar-refractivity contribution in [1.29, 1.82) is 0 Å². The number of nitrogens with one attached hydrogen (secondary N) is 1. The third kappa shape index (κ3) is 11.8. The maximum atomic E-state index is 4.87. The van der Waals surface area contributed by atoms with Gasteiger partial charge in [0.25, 0.3) is 0 Å². The zero-order chi connectivity index (χ0) is 7.11. The van der Waals surface area contributed by atoms with Crippen LogP contribution in [-0.2, 0) is 0 Å². The standard InChI is InChI=1S/C2H3N3.Cl3P/c1-3-2-5-4-1;1-4(2)3/h1-2H,(H,3,4,5);. The van der Waals surface area contributed by atoms with Crippen LogP contribution in [0.1, 0.15) is 0 Å². The van der Waals surface area contributed by atoms with E-state index in [4.69, 9.17) is 33.7 Å². The fraction of sp³-hybridized carbons (Fsp3) is 0. The number of hydrogen-bond donors (Lipinski definition) is 1. The number of H-pyrrole nitrogens is 1. The molecule has 0 aliphatic carbocycles. The maximum Gasteiger partial charge on any atom is 0.179 e. The Morgan fingerprint density at radius 3 is 2.00 bits per heavy atom. The van der Waals surface area contributed by atoms with Crippen LogP contribution < -0.4 is 0 Å². The molecule has 0 unspecified atom stereocenters. The van der Waals surface area contributed by atoms with Crippen LogP contribution in [0.15, 0.2) is 12.7 Å². The van der Waals surface area contributed by atoms with Gasteiger partial charge in [-0.2, -0.15) is 5.10 Å². The molecule has 0 spiro atoms. The summed E-state index contributed by atoms with van der Waals surface area (Å²) in [5.74, 6) is -1.20.